The Morgan fingerprint density at radius 2 is 0.986 bits per heavy atom. The number of ether oxygens (including phenoxy) is 1. The van der Waals surface area contributed by atoms with Gasteiger partial charge >= 0.3 is 11.9 Å². The van der Waals surface area contributed by atoms with Crippen LogP contribution >= 0.6 is 0 Å². The Hall–Kier alpha value is -5.30. The van der Waals surface area contributed by atoms with E-state index >= 15 is 0 Å². The molecule has 20 nitrogen and oxygen atoms in total. The Balaban J connectivity index is 3.98. The van der Waals surface area contributed by atoms with E-state index in [4.69, 9.17) is 10.5 Å². The molecule has 0 bridgehead atoms. The highest BCUT2D eigenvalue weighted by Gasteiger charge is 2.37. The number of amides is 8. The number of cyclic esters (lactones) is 1. The molecule has 0 aromatic heterocycles. The van der Waals surface area contributed by atoms with Crippen LogP contribution in [0.3, 0.4) is 0 Å². The molecule has 1 heterocycles. The highest BCUT2D eigenvalue weighted by Crippen LogP contribution is 2.19. The Morgan fingerprint density at radius 3 is 1.43 bits per heavy atom. The predicted octanol–water partition coefficient (Wildman–Crippen LogP) is 3.27. The van der Waals surface area contributed by atoms with E-state index in [1.165, 1.54) is 0 Å². The lowest BCUT2D eigenvalue weighted by molar-refractivity contribution is -0.156. The smallest absolute Gasteiger partial charge is 0.329 e. The highest BCUT2D eigenvalue weighted by molar-refractivity contribution is 5.98. The quantitative estimate of drug-likeness (QED) is 0.0592. The van der Waals surface area contributed by atoms with Gasteiger partial charge in [0.15, 0.2) is 0 Å². The lowest BCUT2D eigenvalue weighted by Crippen LogP contribution is -2.61. The normalized spacial score (nSPS) is 24.9. The maximum absolute atomic E-state index is 14.1. The molecule has 0 aromatic rings. The van der Waals surface area contributed by atoms with Crippen LogP contribution in [0.2, 0.25) is 0 Å². The number of carboxylic acid groups (broad SMARTS) is 1. The van der Waals surface area contributed by atoms with Crippen LogP contribution < -0.4 is 43.0 Å². The maximum Gasteiger partial charge on any atom is 0.329 e. The first kappa shape index (κ1) is 62.7. The number of primary amides is 1. The van der Waals surface area contributed by atoms with Gasteiger partial charge in [-0.25, -0.2) is 4.79 Å². The van der Waals surface area contributed by atoms with Gasteiger partial charge in [0, 0.05) is 6.42 Å². The Labute approximate surface area is 415 Å². The van der Waals surface area contributed by atoms with E-state index in [2.05, 4.69) is 51.1 Å². The fraction of sp³-hybridized carbons (Fsp3) is 0.800. The Kier molecular flexibility index (Phi) is 28.5. The third-order valence-electron chi connectivity index (χ3n) is 12.2. The van der Waals surface area contributed by atoms with E-state index in [1.54, 1.807) is 41.5 Å². The van der Waals surface area contributed by atoms with E-state index < -0.39 is 132 Å². The van der Waals surface area contributed by atoms with Crippen LogP contribution in [0.25, 0.3) is 0 Å². The molecule has 1 aliphatic rings. The van der Waals surface area contributed by atoms with Gasteiger partial charge in [-0.05, 0) is 74.0 Å². The number of nitrogens with two attached hydrogens (primary N) is 1. The molecular weight excluding hydrogens is 905 g/mol. The molecule has 2 unspecified atom stereocenters. The number of aliphatic carboxylic acids is 1. The molecule has 0 aliphatic carbocycles. The second-order valence-electron chi connectivity index (χ2n) is 21.1. The molecule has 0 radical (unpaired) electrons. The van der Waals surface area contributed by atoms with Crippen molar-refractivity contribution in [1.82, 2.24) is 37.2 Å². The van der Waals surface area contributed by atoms with E-state index in [9.17, 15) is 53.1 Å². The zero-order chi connectivity index (χ0) is 53.4. The fourth-order valence-electron chi connectivity index (χ4n) is 7.99. The van der Waals surface area contributed by atoms with Gasteiger partial charge in [-0.1, -0.05) is 115 Å². The summed E-state index contributed by atoms with van der Waals surface area (Å²) in [5.41, 5.74) is 5.47. The summed E-state index contributed by atoms with van der Waals surface area (Å²) in [6.45, 7) is 21.7. The summed E-state index contributed by atoms with van der Waals surface area (Å²) in [5, 5.41) is 28.3. The van der Waals surface area contributed by atoms with Gasteiger partial charge < -0.3 is 52.8 Å². The van der Waals surface area contributed by atoms with Crippen LogP contribution in [0, 0.1) is 35.5 Å². The number of hydrogen-bond donors (Lipinski definition) is 9. The van der Waals surface area contributed by atoms with E-state index in [0.29, 0.717) is 12.3 Å². The summed E-state index contributed by atoms with van der Waals surface area (Å²) in [4.78, 5) is 136. The summed E-state index contributed by atoms with van der Waals surface area (Å²) < 4.78 is 6.00. The third kappa shape index (κ3) is 24.5. The number of rotatable bonds is 21. The summed E-state index contributed by atoms with van der Waals surface area (Å²) >= 11 is 0. The number of carboxylic acids is 1. The SMILES string of the molecule is CCC(C)CCCCCCC1CC(=O)N[C@@H](CCC(N)=O)C(=O)N[C@@H](CC(C)C)C(=O)N[C@H](CC(C)C)C(=O)N[C@@H](C(C)C)C(=O)N[C@@H](CC(=O)O)C(=O)N[C@H](CC(C)C)C(=O)N[C@@H](C(C)C)C(=O)O1. The van der Waals surface area contributed by atoms with Crippen molar-refractivity contribution in [3.05, 3.63) is 0 Å². The van der Waals surface area contributed by atoms with Crippen LogP contribution in [-0.4, -0.2) is 113 Å². The zero-order valence-electron chi connectivity index (χ0n) is 44.0. The van der Waals surface area contributed by atoms with Gasteiger partial charge in [0.25, 0.3) is 0 Å². The van der Waals surface area contributed by atoms with Crippen LogP contribution in [0.15, 0.2) is 0 Å². The van der Waals surface area contributed by atoms with Crippen molar-refractivity contribution >= 4 is 59.2 Å². The monoisotopic (exact) mass is 993 g/mol. The Morgan fingerprint density at radius 1 is 0.557 bits per heavy atom. The standard InChI is InChI=1S/C50H88N8O12/c1-13-32(12)18-16-14-15-17-19-33-25-40(60)52-34(20-21-39(51)59)44(63)53-35(22-27(2)3)45(64)54-36(23-28(4)5)47(66)57-42(30(8)9)49(68)56-38(26-41(61)62)46(65)55-37(24-29(6)7)48(67)58-43(31(10)11)50(69)70-33/h27-38,42-43H,13-26H2,1-12H3,(H2,51,59)(H,52,60)(H,53,63)(H,54,64)(H,55,65)(H,56,68)(H,57,66)(H,58,67)(H,61,62)/t32?,33?,34-,35-,36+,37+,38-,42-,43-/m0/s1. The summed E-state index contributed by atoms with van der Waals surface area (Å²) in [7, 11) is 0. The van der Waals surface area contributed by atoms with Crippen molar-refractivity contribution in [2.45, 2.75) is 221 Å². The first-order valence-electron chi connectivity index (χ1n) is 25.5. The van der Waals surface area contributed by atoms with Gasteiger partial charge in [-0.2, -0.15) is 0 Å². The van der Waals surface area contributed by atoms with Gasteiger partial charge in [0.05, 0.1) is 12.8 Å². The van der Waals surface area contributed by atoms with Crippen molar-refractivity contribution in [3.63, 3.8) is 0 Å². The van der Waals surface area contributed by atoms with E-state index in [1.807, 2.05) is 27.7 Å². The van der Waals surface area contributed by atoms with Crippen molar-refractivity contribution in [2.75, 3.05) is 0 Å². The minimum atomic E-state index is -1.72. The van der Waals surface area contributed by atoms with Crippen molar-refractivity contribution in [2.24, 2.45) is 41.2 Å². The molecule has 70 heavy (non-hydrogen) atoms. The largest absolute Gasteiger partial charge is 0.481 e. The molecule has 9 atom stereocenters. The van der Waals surface area contributed by atoms with Crippen LogP contribution in [0.4, 0.5) is 0 Å². The average Bonchev–Trinajstić information content (AvgIpc) is 3.24. The zero-order valence-corrected chi connectivity index (χ0v) is 44.0. The van der Waals surface area contributed by atoms with Crippen LogP contribution in [0.1, 0.15) is 173 Å². The number of nitrogens with one attached hydrogen (secondary N) is 7. The van der Waals surface area contributed by atoms with Crippen molar-refractivity contribution in [1.29, 1.82) is 0 Å². The van der Waals surface area contributed by atoms with Gasteiger partial charge in [0.1, 0.15) is 48.4 Å². The maximum atomic E-state index is 14.1. The number of carbonyl (C=O) groups is 10. The van der Waals surface area contributed by atoms with Gasteiger partial charge in [-0.3, -0.25) is 43.2 Å². The highest BCUT2D eigenvalue weighted by atomic mass is 16.5. The minimum absolute atomic E-state index is 0.0428. The number of hydrogen-bond acceptors (Lipinski definition) is 11. The molecule has 0 saturated carbocycles. The van der Waals surface area contributed by atoms with Gasteiger partial charge in [-0.15, -0.1) is 0 Å². The molecule has 0 aromatic carbocycles. The summed E-state index contributed by atoms with van der Waals surface area (Å²) in [5.74, 6) is -9.94. The topological polar surface area (TPSA) is 310 Å². The number of esters is 1. The predicted molar refractivity (Wildman–Crippen MR) is 264 cm³/mol. The molecule has 20 heteroatoms. The lowest BCUT2D eigenvalue weighted by atomic mass is 9.98. The summed E-state index contributed by atoms with van der Waals surface area (Å²) in [6, 6.07) is -9.50. The Bertz CT molecular complexity index is 1750. The van der Waals surface area contributed by atoms with Crippen molar-refractivity contribution < 1.29 is 57.8 Å². The number of carbonyl (C=O) groups excluding carboxylic acids is 9. The number of unbranched alkanes of at least 4 members (excludes halogenated alkanes) is 3. The molecule has 1 fully saturated rings. The lowest BCUT2D eigenvalue weighted by Gasteiger charge is -2.29. The second kappa shape index (κ2) is 31.8. The third-order valence-corrected chi connectivity index (χ3v) is 12.2. The van der Waals surface area contributed by atoms with Crippen LogP contribution in [-0.2, 0) is 52.7 Å². The molecule has 1 aliphatic heterocycles. The molecule has 8 amide bonds. The molecule has 10 N–H and O–H groups in total. The van der Waals surface area contributed by atoms with Crippen LogP contribution in [0.5, 0.6) is 0 Å². The first-order valence-corrected chi connectivity index (χ1v) is 25.5. The molecule has 0 spiro atoms. The van der Waals surface area contributed by atoms with E-state index in [0.717, 1.165) is 32.1 Å². The first-order chi connectivity index (χ1) is 32.6. The van der Waals surface area contributed by atoms with E-state index in [-0.39, 0.29) is 56.3 Å². The second-order valence-corrected chi connectivity index (χ2v) is 21.1. The summed E-state index contributed by atoms with van der Waals surface area (Å²) in [6.07, 6.45) is 2.99. The molecular formula is C50H88N8O12. The average molecular weight is 993 g/mol. The molecule has 1 saturated heterocycles. The molecule has 400 valence electrons. The fourth-order valence-corrected chi connectivity index (χ4v) is 7.99. The van der Waals surface area contributed by atoms with Crippen molar-refractivity contribution in [3.8, 4) is 0 Å². The minimum Gasteiger partial charge on any atom is -0.481 e. The van der Waals surface area contributed by atoms with Gasteiger partial charge in [0.2, 0.25) is 47.3 Å². The molecule has 1 rings (SSSR count).